The summed E-state index contributed by atoms with van der Waals surface area (Å²) in [5, 5.41) is 10.1. The number of benzene rings is 1. The number of hydrogen-bond acceptors (Lipinski definition) is 2. The molecule has 0 aliphatic rings. The van der Waals surface area contributed by atoms with Gasteiger partial charge in [-0.3, -0.25) is 4.90 Å². The van der Waals surface area contributed by atoms with Gasteiger partial charge in [-0.2, -0.15) is 0 Å². The topological polar surface area (TPSA) is 23.5 Å². The fraction of sp³-hybridized carbons (Fsp3) is 0.625. The molecule has 18 heavy (non-hydrogen) atoms. The lowest BCUT2D eigenvalue weighted by Crippen LogP contribution is -2.40. The third-order valence-corrected chi connectivity index (χ3v) is 4.11. The second-order valence-corrected chi connectivity index (χ2v) is 6.45. The first-order valence-corrected chi connectivity index (χ1v) is 6.66. The van der Waals surface area contributed by atoms with Gasteiger partial charge in [-0.15, -0.1) is 0 Å². The smallest absolute Gasteiger partial charge is 0.120 e. The molecule has 0 aromatic heterocycles. The number of phenols is 1. The first-order chi connectivity index (χ1) is 8.14. The molecule has 1 aromatic carbocycles. The van der Waals surface area contributed by atoms with E-state index in [1.807, 2.05) is 19.1 Å². The summed E-state index contributed by atoms with van der Waals surface area (Å²) in [6.07, 6.45) is 0. The van der Waals surface area contributed by atoms with Gasteiger partial charge in [0.2, 0.25) is 0 Å². The molecule has 0 saturated carbocycles. The molecule has 0 fully saturated rings. The normalized spacial score (nSPS) is 15.8. The minimum absolute atomic E-state index is 0.208. The molecule has 2 heteroatoms. The van der Waals surface area contributed by atoms with E-state index in [1.54, 1.807) is 0 Å². The fourth-order valence-electron chi connectivity index (χ4n) is 2.17. The molecule has 0 radical (unpaired) electrons. The molecular weight excluding hydrogens is 222 g/mol. The molecule has 1 rings (SSSR count). The zero-order valence-electron chi connectivity index (χ0n) is 12.8. The predicted molar refractivity (Wildman–Crippen MR) is 77.9 cm³/mol. The van der Waals surface area contributed by atoms with Crippen LogP contribution in [0.2, 0.25) is 0 Å². The van der Waals surface area contributed by atoms with Crippen molar-refractivity contribution in [1.82, 2.24) is 4.90 Å². The van der Waals surface area contributed by atoms with Gasteiger partial charge in [0.05, 0.1) is 0 Å². The number of rotatable bonds is 3. The second kappa shape index (κ2) is 5.31. The van der Waals surface area contributed by atoms with Crippen molar-refractivity contribution in [2.24, 2.45) is 5.41 Å². The average molecular weight is 249 g/mol. The lowest BCUT2D eigenvalue weighted by atomic mass is 9.86. The predicted octanol–water partition coefficient (Wildman–Crippen LogP) is 4.13. The maximum Gasteiger partial charge on any atom is 0.120 e. The molecule has 0 aliphatic heterocycles. The number of aromatic hydroxyl groups is 1. The quantitative estimate of drug-likeness (QED) is 0.870. The summed E-state index contributed by atoms with van der Waals surface area (Å²) in [4.78, 5) is 2.32. The third kappa shape index (κ3) is 3.26. The van der Waals surface area contributed by atoms with E-state index < -0.39 is 0 Å². The van der Waals surface area contributed by atoms with Gasteiger partial charge in [0, 0.05) is 17.6 Å². The molecule has 2 unspecified atom stereocenters. The molecule has 0 amide bonds. The van der Waals surface area contributed by atoms with Crippen molar-refractivity contribution in [3.8, 4) is 5.75 Å². The minimum Gasteiger partial charge on any atom is -0.508 e. The Morgan fingerprint density at radius 3 is 2.17 bits per heavy atom. The highest BCUT2D eigenvalue weighted by Gasteiger charge is 2.28. The summed E-state index contributed by atoms with van der Waals surface area (Å²) in [6, 6.07) is 6.57. The Morgan fingerprint density at radius 1 is 1.17 bits per heavy atom. The van der Waals surface area contributed by atoms with Crippen LogP contribution in [0.5, 0.6) is 5.75 Å². The SMILES string of the molecule is Cc1ccc(C(C)N(C)C(C)C(C)(C)C)c(O)c1. The Kier molecular flexibility index (Phi) is 4.44. The van der Waals surface area contributed by atoms with Crippen LogP contribution in [0.15, 0.2) is 18.2 Å². The van der Waals surface area contributed by atoms with Crippen LogP contribution in [0, 0.1) is 12.3 Å². The van der Waals surface area contributed by atoms with Crippen molar-refractivity contribution in [3.05, 3.63) is 29.3 Å². The fourth-order valence-corrected chi connectivity index (χ4v) is 2.17. The highest BCUT2D eigenvalue weighted by molar-refractivity contribution is 5.37. The van der Waals surface area contributed by atoms with Gasteiger partial charge in [-0.25, -0.2) is 0 Å². The monoisotopic (exact) mass is 249 g/mol. The summed E-state index contributed by atoms with van der Waals surface area (Å²) < 4.78 is 0. The Bertz CT molecular complexity index is 406. The number of aryl methyl sites for hydroxylation is 1. The molecule has 2 atom stereocenters. The zero-order valence-corrected chi connectivity index (χ0v) is 12.8. The molecule has 0 heterocycles. The van der Waals surface area contributed by atoms with Gasteiger partial charge >= 0.3 is 0 Å². The van der Waals surface area contributed by atoms with Crippen LogP contribution in [-0.4, -0.2) is 23.1 Å². The maximum atomic E-state index is 10.1. The highest BCUT2D eigenvalue weighted by Crippen LogP contribution is 2.33. The van der Waals surface area contributed by atoms with E-state index in [2.05, 4.69) is 52.6 Å². The molecule has 0 aliphatic carbocycles. The van der Waals surface area contributed by atoms with E-state index in [-0.39, 0.29) is 11.5 Å². The first-order valence-electron chi connectivity index (χ1n) is 6.66. The van der Waals surface area contributed by atoms with Crippen LogP contribution in [0.25, 0.3) is 0 Å². The first kappa shape index (κ1) is 15.0. The van der Waals surface area contributed by atoms with Crippen molar-refractivity contribution in [1.29, 1.82) is 0 Å². The number of nitrogens with zero attached hydrogens (tertiary/aromatic N) is 1. The lowest BCUT2D eigenvalue weighted by Gasteiger charge is -2.39. The van der Waals surface area contributed by atoms with Crippen LogP contribution in [0.4, 0.5) is 0 Å². The molecule has 0 bridgehead atoms. The molecule has 1 N–H and O–H groups in total. The van der Waals surface area contributed by atoms with Crippen molar-refractivity contribution in [3.63, 3.8) is 0 Å². The Balaban J connectivity index is 2.96. The minimum atomic E-state index is 0.208. The lowest BCUT2D eigenvalue weighted by molar-refractivity contribution is 0.103. The van der Waals surface area contributed by atoms with Crippen LogP contribution < -0.4 is 0 Å². The summed E-state index contributed by atoms with van der Waals surface area (Å²) >= 11 is 0. The Morgan fingerprint density at radius 2 is 1.72 bits per heavy atom. The van der Waals surface area contributed by atoms with E-state index >= 15 is 0 Å². The van der Waals surface area contributed by atoms with Crippen molar-refractivity contribution in [2.45, 2.75) is 53.6 Å². The van der Waals surface area contributed by atoms with Gasteiger partial charge in [-0.05, 0) is 44.9 Å². The van der Waals surface area contributed by atoms with Crippen LogP contribution in [0.3, 0.4) is 0 Å². The van der Waals surface area contributed by atoms with E-state index in [9.17, 15) is 5.11 Å². The molecule has 0 spiro atoms. The zero-order chi connectivity index (χ0) is 14.1. The van der Waals surface area contributed by atoms with E-state index in [0.717, 1.165) is 11.1 Å². The van der Waals surface area contributed by atoms with Gasteiger partial charge < -0.3 is 5.11 Å². The van der Waals surface area contributed by atoms with Gasteiger partial charge in [-0.1, -0.05) is 32.9 Å². The molecule has 102 valence electrons. The van der Waals surface area contributed by atoms with Crippen molar-refractivity contribution < 1.29 is 5.11 Å². The summed E-state index contributed by atoms with van der Waals surface area (Å²) in [5.41, 5.74) is 2.32. The van der Waals surface area contributed by atoms with E-state index in [0.29, 0.717) is 11.8 Å². The summed E-state index contributed by atoms with van der Waals surface area (Å²) in [6.45, 7) is 13.1. The number of phenolic OH excluding ortho intramolecular Hbond substituents is 1. The third-order valence-electron chi connectivity index (χ3n) is 4.11. The summed E-state index contributed by atoms with van der Waals surface area (Å²) in [7, 11) is 2.12. The second-order valence-electron chi connectivity index (χ2n) is 6.45. The Hall–Kier alpha value is -1.02. The van der Waals surface area contributed by atoms with E-state index in [4.69, 9.17) is 0 Å². The van der Waals surface area contributed by atoms with Gasteiger partial charge in [0.1, 0.15) is 5.75 Å². The molecule has 2 nitrogen and oxygen atoms in total. The maximum absolute atomic E-state index is 10.1. The van der Waals surface area contributed by atoms with Gasteiger partial charge in [0.15, 0.2) is 0 Å². The highest BCUT2D eigenvalue weighted by atomic mass is 16.3. The number of hydrogen-bond donors (Lipinski definition) is 1. The Labute approximate surface area is 112 Å². The molecule has 1 aromatic rings. The van der Waals surface area contributed by atoms with Crippen LogP contribution >= 0.6 is 0 Å². The molecular formula is C16H27NO. The standard InChI is InChI=1S/C16H27NO/c1-11-8-9-14(15(18)10-11)12(2)17(7)13(3)16(4,5)6/h8-10,12-13,18H,1-7H3. The van der Waals surface area contributed by atoms with Crippen LogP contribution in [0.1, 0.15) is 51.8 Å². The van der Waals surface area contributed by atoms with Gasteiger partial charge in [0.25, 0.3) is 0 Å². The largest absolute Gasteiger partial charge is 0.508 e. The van der Waals surface area contributed by atoms with Crippen LogP contribution in [-0.2, 0) is 0 Å². The molecule has 0 saturated heterocycles. The van der Waals surface area contributed by atoms with Crippen molar-refractivity contribution >= 4 is 0 Å². The van der Waals surface area contributed by atoms with E-state index in [1.165, 1.54) is 0 Å². The summed E-state index contributed by atoms with van der Waals surface area (Å²) in [5.74, 6) is 0.399. The average Bonchev–Trinajstić information content (AvgIpc) is 2.25. The van der Waals surface area contributed by atoms with Crippen molar-refractivity contribution in [2.75, 3.05) is 7.05 Å².